The standard InChI is InChI=1S/C16H23NO3/c1-12(13-8-6-5-7-9-13)17(4)14(18)10-16(2,3)11-15(19)20/h5-9,12H,10-11H2,1-4H3,(H,19,20). The molecule has 0 fully saturated rings. The van der Waals surface area contributed by atoms with Crippen LogP contribution in [0.1, 0.15) is 45.2 Å². The summed E-state index contributed by atoms with van der Waals surface area (Å²) in [5.74, 6) is -0.908. The van der Waals surface area contributed by atoms with Gasteiger partial charge in [0.2, 0.25) is 5.91 Å². The molecule has 0 heterocycles. The SMILES string of the molecule is CC(c1ccccc1)N(C)C(=O)CC(C)(C)CC(=O)O. The van der Waals surface area contributed by atoms with E-state index < -0.39 is 11.4 Å². The highest BCUT2D eigenvalue weighted by molar-refractivity contribution is 5.78. The Balaban J connectivity index is 2.70. The molecule has 0 radical (unpaired) electrons. The number of nitrogens with zero attached hydrogens (tertiary/aromatic N) is 1. The molecule has 1 atom stereocenters. The van der Waals surface area contributed by atoms with Gasteiger partial charge >= 0.3 is 5.97 Å². The summed E-state index contributed by atoms with van der Waals surface area (Å²) in [7, 11) is 1.76. The molecule has 1 rings (SSSR count). The Morgan fingerprint density at radius 2 is 1.75 bits per heavy atom. The maximum Gasteiger partial charge on any atom is 0.303 e. The van der Waals surface area contributed by atoms with Crippen LogP contribution in [0.4, 0.5) is 0 Å². The topological polar surface area (TPSA) is 57.6 Å². The van der Waals surface area contributed by atoms with E-state index in [4.69, 9.17) is 5.11 Å². The Hall–Kier alpha value is -1.84. The second kappa shape index (κ2) is 6.55. The van der Waals surface area contributed by atoms with Gasteiger partial charge in [-0.05, 0) is 17.9 Å². The van der Waals surface area contributed by atoms with Crippen molar-refractivity contribution in [1.29, 1.82) is 0 Å². The van der Waals surface area contributed by atoms with E-state index in [1.165, 1.54) is 0 Å². The number of rotatable bonds is 6. The largest absolute Gasteiger partial charge is 0.481 e. The number of hydrogen-bond acceptors (Lipinski definition) is 2. The molecule has 20 heavy (non-hydrogen) atoms. The predicted octanol–water partition coefficient (Wildman–Crippen LogP) is 3.10. The Bertz CT molecular complexity index is 468. The predicted molar refractivity (Wildman–Crippen MR) is 78.3 cm³/mol. The average molecular weight is 277 g/mol. The van der Waals surface area contributed by atoms with Crippen molar-refractivity contribution in [3.8, 4) is 0 Å². The lowest BCUT2D eigenvalue weighted by atomic mass is 9.85. The Morgan fingerprint density at radius 3 is 2.25 bits per heavy atom. The van der Waals surface area contributed by atoms with E-state index in [2.05, 4.69) is 0 Å². The van der Waals surface area contributed by atoms with Crippen LogP contribution in [0.2, 0.25) is 0 Å². The summed E-state index contributed by atoms with van der Waals surface area (Å²) in [6.07, 6.45) is 0.221. The summed E-state index contributed by atoms with van der Waals surface area (Å²) in [4.78, 5) is 24.8. The number of amides is 1. The van der Waals surface area contributed by atoms with Gasteiger partial charge in [-0.3, -0.25) is 9.59 Å². The van der Waals surface area contributed by atoms with Gasteiger partial charge in [-0.15, -0.1) is 0 Å². The first-order valence-electron chi connectivity index (χ1n) is 6.75. The second-order valence-electron chi connectivity index (χ2n) is 6.00. The molecule has 1 aromatic rings. The first-order chi connectivity index (χ1) is 9.23. The van der Waals surface area contributed by atoms with Crippen molar-refractivity contribution in [2.45, 2.75) is 39.7 Å². The number of carbonyl (C=O) groups excluding carboxylic acids is 1. The smallest absolute Gasteiger partial charge is 0.303 e. The molecule has 0 aliphatic heterocycles. The van der Waals surface area contributed by atoms with E-state index in [0.717, 1.165) is 5.56 Å². The van der Waals surface area contributed by atoms with E-state index in [1.54, 1.807) is 25.8 Å². The lowest BCUT2D eigenvalue weighted by molar-refractivity contribution is -0.140. The highest BCUT2D eigenvalue weighted by Crippen LogP contribution is 2.28. The van der Waals surface area contributed by atoms with Crippen molar-refractivity contribution in [3.63, 3.8) is 0 Å². The lowest BCUT2D eigenvalue weighted by Gasteiger charge is -2.29. The second-order valence-corrected chi connectivity index (χ2v) is 6.00. The third-order valence-corrected chi connectivity index (χ3v) is 3.52. The van der Waals surface area contributed by atoms with Crippen molar-refractivity contribution in [2.75, 3.05) is 7.05 Å². The summed E-state index contributed by atoms with van der Waals surface area (Å²) in [6.45, 7) is 5.58. The molecule has 110 valence electrons. The summed E-state index contributed by atoms with van der Waals surface area (Å²) < 4.78 is 0. The van der Waals surface area contributed by atoms with Crippen LogP contribution in [0.3, 0.4) is 0 Å². The molecule has 0 aromatic heterocycles. The zero-order chi connectivity index (χ0) is 15.3. The molecule has 1 amide bonds. The number of carbonyl (C=O) groups is 2. The molecule has 4 heteroatoms. The highest BCUT2D eigenvalue weighted by Gasteiger charge is 2.28. The first-order valence-corrected chi connectivity index (χ1v) is 6.75. The fourth-order valence-corrected chi connectivity index (χ4v) is 2.18. The number of benzene rings is 1. The zero-order valence-electron chi connectivity index (χ0n) is 12.6. The minimum Gasteiger partial charge on any atom is -0.481 e. The normalized spacial score (nSPS) is 12.8. The van der Waals surface area contributed by atoms with Crippen LogP contribution >= 0.6 is 0 Å². The van der Waals surface area contributed by atoms with Gasteiger partial charge < -0.3 is 10.0 Å². The first kappa shape index (κ1) is 16.2. The summed E-state index contributed by atoms with van der Waals surface area (Å²) in [5, 5.41) is 8.86. The van der Waals surface area contributed by atoms with Gasteiger partial charge in [0.05, 0.1) is 12.5 Å². The number of aliphatic carboxylic acids is 1. The molecule has 0 saturated heterocycles. The fourth-order valence-electron chi connectivity index (χ4n) is 2.18. The van der Waals surface area contributed by atoms with Crippen LogP contribution in [0.5, 0.6) is 0 Å². The monoisotopic (exact) mass is 277 g/mol. The van der Waals surface area contributed by atoms with Crippen LogP contribution in [0.25, 0.3) is 0 Å². The summed E-state index contributed by atoms with van der Waals surface area (Å²) >= 11 is 0. The van der Waals surface area contributed by atoms with Crippen LogP contribution in [0.15, 0.2) is 30.3 Å². The van der Waals surface area contributed by atoms with Gasteiger partial charge in [-0.1, -0.05) is 44.2 Å². The van der Waals surface area contributed by atoms with E-state index in [1.807, 2.05) is 37.3 Å². The highest BCUT2D eigenvalue weighted by atomic mass is 16.4. The van der Waals surface area contributed by atoms with Crippen LogP contribution in [-0.4, -0.2) is 28.9 Å². The lowest BCUT2D eigenvalue weighted by Crippen LogP contribution is -2.33. The Kier molecular flexibility index (Phi) is 5.31. The molecule has 0 aliphatic rings. The van der Waals surface area contributed by atoms with Crippen molar-refractivity contribution >= 4 is 11.9 Å². The average Bonchev–Trinajstić information content (AvgIpc) is 2.35. The quantitative estimate of drug-likeness (QED) is 0.869. The minimum absolute atomic E-state index is 0.00764. The molecule has 1 aromatic carbocycles. The van der Waals surface area contributed by atoms with Crippen molar-refractivity contribution in [2.24, 2.45) is 5.41 Å². The van der Waals surface area contributed by atoms with Crippen molar-refractivity contribution in [3.05, 3.63) is 35.9 Å². The molecule has 4 nitrogen and oxygen atoms in total. The molecule has 0 bridgehead atoms. The molecule has 0 spiro atoms. The van der Waals surface area contributed by atoms with Gasteiger partial charge in [0.1, 0.15) is 0 Å². The van der Waals surface area contributed by atoms with Gasteiger partial charge in [0.15, 0.2) is 0 Å². The van der Waals surface area contributed by atoms with E-state index in [-0.39, 0.29) is 24.8 Å². The van der Waals surface area contributed by atoms with E-state index in [0.29, 0.717) is 0 Å². The van der Waals surface area contributed by atoms with Crippen molar-refractivity contribution in [1.82, 2.24) is 4.90 Å². The van der Waals surface area contributed by atoms with Gasteiger partial charge in [-0.2, -0.15) is 0 Å². The molecule has 0 aliphatic carbocycles. The molecular formula is C16H23NO3. The van der Waals surface area contributed by atoms with Crippen LogP contribution < -0.4 is 0 Å². The fraction of sp³-hybridized carbons (Fsp3) is 0.500. The maximum absolute atomic E-state index is 12.3. The minimum atomic E-state index is -0.874. The maximum atomic E-state index is 12.3. The number of hydrogen-bond donors (Lipinski definition) is 1. The molecular weight excluding hydrogens is 254 g/mol. The van der Waals surface area contributed by atoms with Crippen molar-refractivity contribution < 1.29 is 14.7 Å². The Morgan fingerprint density at radius 1 is 1.20 bits per heavy atom. The summed E-state index contributed by atoms with van der Waals surface area (Å²) in [5.41, 5.74) is 0.535. The van der Waals surface area contributed by atoms with Gasteiger partial charge in [-0.25, -0.2) is 0 Å². The third kappa shape index (κ3) is 4.68. The van der Waals surface area contributed by atoms with Gasteiger partial charge in [0, 0.05) is 13.5 Å². The molecule has 1 N–H and O–H groups in total. The molecule has 1 unspecified atom stereocenters. The van der Waals surface area contributed by atoms with E-state index >= 15 is 0 Å². The zero-order valence-corrected chi connectivity index (χ0v) is 12.6. The van der Waals surface area contributed by atoms with Gasteiger partial charge in [0.25, 0.3) is 0 Å². The molecule has 0 saturated carbocycles. The van der Waals surface area contributed by atoms with Crippen LogP contribution in [-0.2, 0) is 9.59 Å². The number of carboxylic acids is 1. The Labute approximate surface area is 120 Å². The third-order valence-electron chi connectivity index (χ3n) is 3.52. The van der Waals surface area contributed by atoms with Crippen LogP contribution in [0, 0.1) is 5.41 Å². The van der Waals surface area contributed by atoms with E-state index in [9.17, 15) is 9.59 Å². The summed E-state index contributed by atoms with van der Waals surface area (Å²) in [6, 6.07) is 9.77. The number of carboxylic acid groups (broad SMARTS) is 1.